The van der Waals surface area contributed by atoms with Crippen LogP contribution in [-0.4, -0.2) is 25.8 Å². The van der Waals surface area contributed by atoms with Crippen molar-refractivity contribution in [1.29, 1.82) is 0 Å². The molecule has 0 bridgehead atoms. The van der Waals surface area contributed by atoms with Gasteiger partial charge < -0.3 is 0 Å². The third-order valence-corrected chi connectivity index (χ3v) is 1.53. The molecule has 0 radical (unpaired) electrons. The smallest absolute Gasteiger partial charge is 0.266 e. The van der Waals surface area contributed by atoms with Gasteiger partial charge in [0.05, 0.1) is 0 Å². The summed E-state index contributed by atoms with van der Waals surface area (Å²) >= 11 is 0. The second kappa shape index (κ2) is 3.65. The van der Waals surface area contributed by atoms with Crippen molar-refractivity contribution in [3.63, 3.8) is 0 Å². The van der Waals surface area contributed by atoms with Gasteiger partial charge in [-0.1, -0.05) is 6.07 Å². The number of hydrogen-bond acceptors (Lipinski definition) is 4. The fourth-order valence-electron chi connectivity index (χ4n) is 0.924. The predicted octanol–water partition coefficient (Wildman–Crippen LogP) is 0.0570. The molecule has 1 N–H and O–H groups in total. The van der Waals surface area contributed by atoms with E-state index in [9.17, 15) is 4.79 Å². The van der Waals surface area contributed by atoms with E-state index in [0.717, 1.165) is 0 Å². The Balaban J connectivity index is 2.11. The number of nitrogens with one attached hydrogen (secondary N) is 1. The van der Waals surface area contributed by atoms with Crippen molar-refractivity contribution in [2.24, 2.45) is 0 Å². The van der Waals surface area contributed by atoms with Gasteiger partial charge >= 0.3 is 0 Å². The minimum absolute atomic E-state index is 0.323. The van der Waals surface area contributed by atoms with Crippen LogP contribution in [0, 0.1) is 0 Å². The Labute approximate surface area is 79.6 Å². The summed E-state index contributed by atoms with van der Waals surface area (Å²) in [5, 5.41) is 3.73. The normalized spacial score (nSPS) is 9.71. The summed E-state index contributed by atoms with van der Waals surface area (Å²) in [5.41, 5.74) is 2.82. The zero-order valence-corrected chi connectivity index (χ0v) is 7.16. The molecule has 6 nitrogen and oxygen atoms in total. The summed E-state index contributed by atoms with van der Waals surface area (Å²) < 4.78 is 0. The van der Waals surface area contributed by atoms with Crippen molar-refractivity contribution in [2.75, 3.05) is 5.43 Å². The highest BCUT2D eigenvalue weighted by Crippen LogP contribution is 1.93. The van der Waals surface area contributed by atoms with Crippen LogP contribution in [0.4, 0.5) is 0 Å². The number of rotatable bonds is 2. The van der Waals surface area contributed by atoms with Crippen LogP contribution in [0.1, 0.15) is 10.5 Å². The Morgan fingerprint density at radius 3 is 3.00 bits per heavy atom. The van der Waals surface area contributed by atoms with Crippen molar-refractivity contribution < 1.29 is 4.79 Å². The van der Waals surface area contributed by atoms with Gasteiger partial charge in [0.15, 0.2) is 0 Å². The minimum atomic E-state index is -0.323. The van der Waals surface area contributed by atoms with E-state index in [-0.39, 0.29) is 5.91 Å². The first-order chi connectivity index (χ1) is 6.86. The third kappa shape index (κ3) is 1.74. The summed E-state index contributed by atoms with van der Waals surface area (Å²) in [4.78, 5) is 20.2. The Morgan fingerprint density at radius 2 is 2.36 bits per heavy atom. The average Bonchev–Trinajstić information content (AvgIpc) is 2.72. The molecule has 2 aromatic heterocycles. The molecule has 0 saturated heterocycles. The van der Waals surface area contributed by atoms with Crippen LogP contribution >= 0.6 is 0 Å². The summed E-state index contributed by atoms with van der Waals surface area (Å²) in [7, 11) is 0. The maximum absolute atomic E-state index is 11.4. The molecule has 0 fully saturated rings. The molecule has 0 unspecified atom stereocenters. The van der Waals surface area contributed by atoms with E-state index < -0.39 is 0 Å². The van der Waals surface area contributed by atoms with Crippen LogP contribution in [0.25, 0.3) is 0 Å². The Bertz CT molecular complexity index is 411. The van der Waals surface area contributed by atoms with Crippen molar-refractivity contribution in [2.45, 2.75) is 0 Å². The monoisotopic (exact) mass is 189 g/mol. The molecule has 0 aliphatic rings. The number of nitrogens with zero attached hydrogens (tertiary/aromatic N) is 4. The Morgan fingerprint density at radius 1 is 1.43 bits per heavy atom. The van der Waals surface area contributed by atoms with Crippen LogP contribution in [-0.2, 0) is 0 Å². The summed E-state index contributed by atoms with van der Waals surface area (Å²) in [5.74, 6) is -0.323. The Hall–Kier alpha value is -2.24. The molecule has 0 aliphatic heterocycles. The Kier molecular flexibility index (Phi) is 2.18. The lowest BCUT2D eigenvalue weighted by Gasteiger charge is -2.01. The van der Waals surface area contributed by atoms with Crippen LogP contribution in [0.15, 0.2) is 37.1 Å². The second-order valence-electron chi connectivity index (χ2n) is 2.50. The fourth-order valence-corrected chi connectivity index (χ4v) is 0.924. The number of pyridine rings is 1. The van der Waals surface area contributed by atoms with Crippen molar-refractivity contribution >= 4 is 5.91 Å². The molecule has 70 valence electrons. The zero-order valence-electron chi connectivity index (χ0n) is 7.16. The lowest BCUT2D eigenvalue weighted by Crippen LogP contribution is -2.23. The summed E-state index contributed by atoms with van der Waals surface area (Å²) in [6, 6.07) is 5.10. The zero-order chi connectivity index (χ0) is 9.80. The first kappa shape index (κ1) is 8.36. The fraction of sp³-hybridized carbons (Fsp3) is 0. The van der Waals surface area contributed by atoms with Crippen molar-refractivity contribution in [1.82, 2.24) is 19.9 Å². The number of aromatic nitrogens is 4. The van der Waals surface area contributed by atoms with Gasteiger partial charge in [-0.25, -0.2) is 10.4 Å². The molecule has 0 aromatic carbocycles. The lowest BCUT2D eigenvalue weighted by molar-refractivity contribution is 0.100. The van der Waals surface area contributed by atoms with E-state index in [1.54, 1.807) is 24.4 Å². The second-order valence-corrected chi connectivity index (χ2v) is 2.50. The first-order valence-electron chi connectivity index (χ1n) is 3.93. The number of carbonyl (C=O) groups excluding carboxylic acids is 1. The number of hydrogen-bond donors (Lipinski definition) is 1. The molecule has 0 atom stereocenters. The highest BCUT2D eigenvalue weighted by Gasteiger charge is 2.05. The van der Waals surface area contributed by atoms with E-state index in [0.29, 0.717) is 5.69 Å². The van der Waals surface area contributed by atoms with Crippen LogP contribution in [0.2, 0.25) is 0 Å². The van der Waals surface area contributed by atoms with Crippen molar-refractivity contribution in [3.05, 3.63) is 42.7 Å². The molecular formula is C8H7N5O. The predicted molar refractivity (Wildman–Crippen MR) is 48.0 cm³/mol. The van der Waals surface area contributed by atoms with E-state index >= 15 is 0 Å². The highest BCUT2D eigenvalue weighted by atomic mass is 16.2. The van der Waals surface area contributed by atoms with Gasteiger partial charge in [0.2, 0.25) is 0 Å². The topological polar surface area (TPSA) is 72.7 Å². The van der Waals surface area contributed by atoms with Crippen LogP contribution in [0.5, 0.6) is 0 Å². The first-order valence-corrected chi connectivity index (χ1v) is 3.93. The molecule has 0 spiro atoms. The molecule has 1 amide bonds. The quantitative estimate of drug-likeness (QED) is 0.724. The van der Waals surface area contributed by atoms with Gasteiger partial charge in [-0.3, -0.25) is 9.78 Å². The van der Waals surface area contributed by atoms with Gasteiger partial charge in [0.25, 0.3) is 5.91 Å². The number of amides is 1. The van der Waals surface area contributed by atoms with Gasteiger partial charge in [-0.15, -0.1) is 5.10 Å². The average molecular weight is 189 g/mol. The van der Waals surface area contributed by atoms with Crippen LogP contribution < -0.4 is 5.43 Å². The molecule has 0 saturated carbocycles. The summed E-state index contributed by atoms with van der Waals surface area (Å²) in [6.45, 7) is 0. The van der Waals surface area contributed by atoms with Crippen LogP contribution in [0.3, 0.4) is 0 Å². The highest BCUT2D eigenvalue weighted by molar-refractivity contribution is 5.98. The molecule has 2 rings (SSSR count). The number of carbonyl (C=O) groups is 1. The molecule has 2 heterocycles. The van der Waals surface area contributed by atoms with E-state index in [1.165, 1.54) is 17.4 Å². The van der Waals surface area contributed by atoms with E-state index in [2.05, 4.69) is 20.5 Å². The standard InChI is InChI=1S/C8H7N5O/c14-8(7-3-1-2-4-10-7)12-13-6-9-5-11-13/h1-6H,(H,12,14). The molecule has 0 aliphatic carbocycles. The molecule has 2 aromatic rings. The van der Waals surface area contributed by atoms with E-state index in [4.69, 9.17) is 0 Å². The van der Waals surface area contributed by atoms with Gasteiger partial charge in [-0.05, 0) is 12.1 Å². The van der Waals surface area contributed by atoms with Gasteiger partial charge in [0, 0.05) is 6.20 Å². The van der Waals surface area contributed by atoms with E-state index in [1.807, 2.05) is 0 Å². The summed E-state index contributed by atoms with van der Waals surface area (Å²) in [6.07, 6.45) is 4.27. The van der Waals surface area contributed by atoms with Gasteiger partial charge in [0.1, 0.15) is 18.3 Å². The third-order valence-electron chi connectivity index (χ3n) is 1.53. The largest absolute Gasteiger partial charge is 0.289 e. The minimum Gasteiger partial charge on any atom is -0.266 e. The maximum Gasteiger partial charge on any atom is 0.289 e. The molecular weight excluding hydrogens is 182 g/mol. The van der Waals surface area contributed by atoms with Gasteiger partial charge in [-0.2, -0.15) is 4.79 Å². The SMILES string of the molecule is O=C(Nn1cncn1)c1ccccn1. The molecule has 6 heteroatoms. The lowest BCUT2D eigenvalue weighted by atomic mass is 10.3. The molecule has 14 heavy (non-hydrogen) atoms. The van der Waals surface area contributed by atoms with Crippen molar-refractivity contribution in [3.8, 4) is 0 Å². The maximum atomic E-state index is 11.4.